The summed E-state index contributed by atoms with van der Waals surface area (Å²) in [5, 5.41) is 9.90. The van der Waals surface area contributed by atoms with Gasteiger partial charge in [0.25, 0.3) is 5.91 Å². The van der Waals surface area contributed by atoms with Crippen LogP contribution in [0.15, 0.2) is 34.9 Å². The monoisotopic (exact) mass is 487 g/mol. The van der Waals surface area contributed by atoms with E-state index < -0.39 is 0 Å². The maximum atomic E-state index is 13.0. The van der Waals surface area contributed by atoms with Gasteiger partial charge in [-0.1, -0.05) is 57.5 Å². The summed E-state index contributed by atoms with van der Waals surface area (Å²) in [5.41, 5.74) is 2.63. The first kappa shape index (κ1) is 23.4. The molecule has 0 fully saturated rings. The molecular formula is C24H34BrN5O. The van der Waals surface area contributed by atoms with Crippen molar-refractivity contribution in [2.45, 2.75) is 72.8 Å². The molecule has 1 amide bonds. The fraction of sp³-hybridized carbons (Fsp3) is 0.500. The number of carbonyl (C=O) groups is 1. The van der Waals surface area contributed by atoms with Crippen LogP contribution in [0.5, 0.6) is 0 Å². The van der Waals surface area contributed by atoms with E-state index in [-0.39, 0.29) is 22.3 Å². The molecule has 0 aliphatic rings. The summed E-state index contributed by atoms with van der Waals surface area (Å²) in [5.74, 6) is 0.707. The molecule has 3 rings (SSSR count). The number of aromatic amines is 1. The number of hydrogen-bond acceptors (Lipinski definition) is 3. The van der Waals surface area contributed by atoms with E-state index in [0.29, 0.717) is 11.2 Å². The zero-order chi connectivity index (χ0) is 23.2. The maximum Gasteiger partial charge on any atom is 0.261 e. The average Bonchev–Trinajstić information content (AvgIpc) is 3.14. The van der Waals surface area contributed by atoms with Crippen molar-refractivity contribution < 1.29 is 4.79 Å². The maximum absolute atomic E-state index is 13.0. The minimum atomic E-state index is -0.195. The van der Waals surface area contributed by atoms with Crippen molar-refractivity contribution >= 4 is 39.0 Å². The molecule has 0 atom stereocenters. The number of imidazole rings is 1. The Morgan fingerprint density at radius 3 is 2.23 bits per heavy atom. The predicted octanol–water partition coefficient (Wildman–Crippen LogP) is 6.60. The molecule has 0 radical (unpaired) electrons. The lowest BCUT2D eigenvalue weighted by atomic mass is 9.81. The van der Waals surface area contributed by atoms with Gasteiger partial charge in [0.05, 0.1) is 5.69 Å². The van der Waals surface area contributed by atoms with Crippen LogP contribution in [0.1, 0.15) is 77.9 Å². The van der Waals surface area contributed by atoms with Crippen molar-refractivity contribution in [3.63, 3.8) is 0 Å². The van der Waals surface area contributed by atoms with Crippen molar-refractivity contribution in [2.75, 3.05) is 10.6 Å². The molecule has 168 valence electrons. The van der Waals surface area contributed by atoms with E-state index in [1.165, 1.54) is 0 Å². The molecule has 0 spiro atoms. The minimum absolute atomic E-state index is 0.154. The lowest BCUT2D eigenvalue weighted by molar-refractivity contribution is 0.102. The summed E-state index contributed by atoms with van der Waals surface area (Å²) >= 11 is 3.42. The van der Waals surface area contributed by atoms with Gasteiger partial charge in [-0.25, -0.2) is 9.50 Å². The quantitative estimate of drug-likeness (QED) is 0.379. The van der Waals surface area contributed by atoms with Crippen LogP contribution in [0.4, 0.5) is 11.5 Å². The van der Waals surface area contributed by atoms with Crippen LogP contribution < -0.4 is 10.6 Å². The first-order valence-corrected chi connectivity index (χ1v) is 11.4. The number of fused-ring (bicyclic) bond motifs is 1. The lowest BCUT2D eigenvalue weighted by Crippen LogP contribution is -2.36. The predicted molar refractivity (Wildman–Crippen MR) is 132 cm³/mol. The van der Waals surface area contributed by atoms with Crippen molar-refractivity contribution in [2.24, 2.45) is 5.41 Å². The number of amides is 1. The minimum Gasteiger partial charge on any atom is -0.364 e. The van der Waals surface area contributed by atoms with Gasteiger partial charge in [0.2, 0.25) is 0 Å². The number of aromatic nitrogens is 3. The Balaban J connectivity index is 2.00. The van der Waals surface area contributed by atoms with Crippen LogP contribution in [0.3, 0.4) is 0 Å². The van der Waals surface area contributed by atoms with Gasteiger partial charge in [0, 0.05) is 27.3 Å². The Labute approximate surface area is 193 Å². The molecule has 7 heteroatoms. The molecule has 0 aliphatic heterocycles. The molecular weight excluding hydrogens is 454 g/mol. The van der Waals surface area contributed by atoms with Crippen LogP contribution >= 0.6 is 15.9 Å². The van der Waals surface area contributed by atoms with Crippen LogP contribution in [0, 0.1) is 5.41 Å². The van der Waals surface area contributed by atoms with Crippen LogP contribution in [0.25, 0.3) is 5.65 Å². The van der Waals surface area contributed by atoms with E-state index in [1.54, 1.807) is 6.20 Å². The largest absolute Gasteiger partial charge is 0.364 e. The van der Waals surface area contributed by atoms with Gasteiger partial charge in [-0.2, -0.15) is 0 Å². The Hall–Kier alpha value is -2.28. The van der Waals surface area contributed by atoms with Gasteiger partial charge in [-0.15, -0.1) is 0 Å². The molecule has 3 aromatic rings. The van der Waals surface area contributed by atoms with Gasteiger partial charge in [-0.05, 0) is 49.9 Å². The summed E-state index contributed by atoms with van der Waals surface area (Å²) < 4.78 is 2.85. The summed E-state index contributed by atoms with van der Waals surface area (Å²) in [6.07, 6.45) is 2.69. The molecule has 31 heavy (non-hydrogen) atoms. The highest BCUT2D eigenvalue weighted by atomic mass is 79.9. The Bertz CT molecular complexity index is 1080. The van der Waals surface area contributed by atoms with E-state index >= 15 is 0 Å². The molecule has 1 aromatic carbocycles. The molecule has 0 saturated heterocycles. The van der Waals surface area contributed by atoms with Gasteiger partial charge in [-0.3, -0.25) is 9.89 Å². The van der Waals surface area contributed by atoms with Crippen LogP contribution in [0.2, 0.25) is 0 Å². The van der Waals surface area contributed by atoms with Gasteiger partial charge >= 0.3 is 0 Å². The van der Waals surface area contributed by atoms with E-state index in [9.17, 15) is 4.79 Å². The van der Waals surface area contributed by atoms with Crippen molar-refractivity contribution in [1.29, 1.82) is 0 Å². The number of H-pyrrole nitrogens is 1. The van der Waals surface area contributed by atoms with Crippen molar-refractivity contribution in [1.82, 2.24) is 14.6 Å². The molecule has 6 nitrogen and oxygen atoms in total. The fourth-order valence-corrected chi connectivity index (χ4v) is 4.41. The number of nitrogens with one attached hydrogen (secondary N) is 3. The highest BCUT2D eigenvalue weighted by Crippen LogP contribution is 2.35. The SMILES string of the molecule is CC(C)(C)CC(C)(C)Nc1c(C(C)(C)C)nc2c(C(=O)Nc3ccc(Br)cc3)c[nH]n12. The second-order valence-electron chi connectivity index (χ2n) is 11.1. The number of carbonyl (C=O) groups excluding carboxylic acids is 1. The Morgan fingerprint density at radius 2 is 1.68 bits per heavy atom. The Kier molecular flexibility index (Phi) is 6.04. The van der Waals surface area contributed by atoms with E-state index in [2.05, 4.69) is 87.1 Å². The number of halogens is 1. The highest BCUT2D eigenvalue weighted by molar-refractivity contribution is 9.10. The molecule has 2 aromatic heterocycles. The van der Waals surface area contributed by atoms with E-state index in [0.717, 1.165) is 28.1 Å². The number of benzene rings is 1. The zero-order valence-electron chi connectivity index (χ0n) is 19.8. The van der Waals surface area contributed by atoms with E-state index in [1.807, 2.05) is 28.8 Å². The molecule has 0 aliphatic carbocycles. The summed E-state index contributed by atoms with van der Waals surface area (Å²) in [7, 11) is 0. The molecule has 2 heterocycles. The third-order valence-corrected chi connectivity index (χ3v) is 5.47. The topological polar surface area (TPSA) is 74.2 Å². The number of rotatable bonds is 5. The third kappa shape index (κ3) is 5.50. The first-order chi connectivity index (χ1) is 14.2. The van der Waals surface area contributed by atoms with Crippen LogP contribution in [-0.4, -0.2) is 26.0 Å². The second kappa shape index (κ2) is 8.01. The lowest BCUT2D eigenvalue weighted by Gasteiger charge is -2.34. The first-order valence-electron chi connectivity index (χ1n) is 10.6. The zero-order valence-corrected chi connectivity index (χ0v) is 21.4. The van der Waals surface area contributed by atoms with Crippen LogP contribution in [-0.2, 0) is 5.41 Å². The third-order valence-electron chi connectivity index (χ3n) is 4.94. The number of hydrogen-bond donors (Lipinski definition) is 3. The van der Waals surface area contributed by atoms with Gasteiger partial charge in [0.15, 0.2) is 11.5 Å². The van der Waals surface area contributed by atoms with Gasteiger partial charge < -0.3 is 10.6 Å². The average molecular weight is 488 g/mol. The molecule has 3 N–H and O–H groups in total. The van der Waals surface area contributed by atoms with Gasteiger partial charge in [0.1, 0.15) is 5.56 Å². The number of anilines is 2. The highest BCUT2D eigenvalue weighted by Gasteiger charge is 2.32. The summed E-state index contributed by atoms with van der Waals surface area (Å²) in [4.78, 5) is 17.9. The Morgan fingerprint density at radius 1 is 1.06 bits per heavy atom. The van der Waals surface area contributed by atoms with Crippen molar-refractivity contribution in [3.8, 4) is 0 Å². The molecule has 0 unspecified atom stereocenters. The summed E-state index contributed by atoms with van der Waals surface area (Å²) in [6, 6.07) is 7.52. The van der Waals surface area contributed by atoms with Crippen molar-refractivity contribution in [3.05, 3.63) is 46.2 Å². The summed E-state index contributed by atoms with van der Waals surface area (Å²) in [6.45, 7) is 17.5. The van der Waals surface area contributed by atoms with E-state index in [4.69, 9.17) is 4.98 Å². The normalized spacial score (nSPS) is 12.9. The standard InChI is InChI=1S/C24H34BrN5O/c1-22(2,3)14-24(7,8)29-20-18(23(4,5)6)28-19-17(13-26-30(19)20)21(31)27-16-11-9-15(25)10-12-16/h9-13,26,29H,14H2,1-8H3,(H,27,31). The molecule has 0 saturated carbocycles. The molecule has 0 bridgehead atoms. The number of nitrogens with zero attached hydrogens (tertiary/aromatic N) is 2. The second-order valence-corrected chi connectivity index (χ2v) is 12.0. The smallest absolute Gasteiger partial charge is 0.261 e. The fourth-order valence-electron chi connectivity index (χ4n) is 4.15.